The van der Waals surface area contributed by atoms with Crippen LogP contribution in [-0.2, 0) is 30.4 Å². The molecule has 34 heavy (non-hydrogen) atoms. The maximum absolute atomic E-state index is 12.9. The molecule has 12 nitrogen and oxygen atoms in total. The highest BCUT2D eigenvalue weighted by Gasteiger charge is 2.29. The van der Waals surface area contributed by atoms with Crippen molar-refractivity contribution in [1.29, 1.82) is 0 Å². The van der Waals surface area contributed by atoms with Gasteiger partial charge in [0.15, 0.2) is 0 Å². The standard InChI is InChI=1S/C22H33N5O7/c1-13(25-20(31)15(24)12-18(28)29)19(30)26-16(9-5-6-10-23)21(32)27-17(22(33)34)11-14-7-3-2-4-8-14/h2-4,7-8,13,15-17H,5-6,9-12,23-24H2,1H3,(H,25,31)(H,26,30)(H,27,32)(H,28,29)(H,33,34). The predicted octanol–water partition coefficient (Wildman–Crippen LogP) is -1.28. The summed E-state index contributed by atoms with van der Waals surface area (Å²) >= 11 is 0. The number of hydrogen-bond acceptors (Lipinski definition) is 7. The van der Waals surface area contributed by atoms with Crippen LogP contribution in [-0.4, -0.2) is 70.6 Å². The van der Waals surface area contributed by atoms with Gasteiger partial charge in [-0.3, -0.25) is 19.2 Å². The summed E-state index contributed by atoms with van der Waals surface area (Å²) < 4.78 is 0. The quantitative estimate of drug-likeness (QED) is 0.149. The second-order valence-electron chi connectivity index (χ2n) is 7.87. The van der Waals surface area contributed by atoms with Gasteiger partial charge in [0.05, 0.1) is 12.5 Å². The number of hydrogen-bond donors (Lipinski definition) is 7. The van der Waals surface area contributed by atoms with Gasteiger partial charge in [-0.05, 0) is 38.3 Å². The minimum Gasteiger partial charge on any atom is -0.481 e. The molecule has 0 radical (unpaired) electrons. The first-order chi connectivity index (χ1) is 16.0. The third-order valence-corrected chi connectivity index (χ3v) is 4.96. The van der Waals surface area contributed by atoms with E-state index in [1.165, 1.54) is 6.92 Å². The van der Waals surface area contributed by atoms with E-state index in [0.717, 1.165) is 0 Å². The maximum atomic E-state index is 12.9. The summed E-state index contributed by atoms with van der Waals surface area (Å²) in [6, 6.07) is 4.04. The predicted molar refractivity (Wildman–Crippen MR) is 122 cm³/mol. The van der Waals surface area contributed by atoms with E-state index in [0.29, 0.717) is 24.9 Å². The van der Waals surface area contributed by atoms with Crippen molar-refractivity contribution in [2.45, 2.75) is 63.2 Å². The molecule has 1 rings (SSSR count). The number of unbranched alkanes of at least 4 members (excludes halogenated alkanes) is 1. The molecule has 0 spiro atoms. The molecule has 9 N–H and O–H groups in total. The summed E-state index contributed by atoms with van der Waals surface area (Å²) in [5, 5.41) is 25.5. The summed E-state index contributed by atoms with van der Waals surface area (Å²) in [5.74, 6) is -4.71. The lowest BCUT2D eigenvalue weighted by molar-refractivity contribution is -0.142. The Hall–Kier alpha value is -3.51. The second kappa shape index (κ2) is 14.6. The Bertz CT molecular complexity index is 849. The van der Waals surface area contributed by atoms with Gasteiger partial charge >= 0.3 is 11.9 Å². The Morgan fingerprint density at radius 1 is 0.882 bits per heavy atom. The van der Waals surface area contributed by atoms with E-state index in [1.54, 1.807) is 30.3 Å². The van der Waals surface area contributed by atoms with E-state index in [9.17, 15) is 29.1 Å². The third-order valence-electron chi connectivity index (χ3n) is 4.96. The lowest BCUT2D eigenvalue weighted by Crippen LogP contribution is -2.56. The van der Waals surface area contributed by atoms with Crippen molar-refractivity contribution in [2.75, 3.05) is 6.54 Å². The Balaban J connectivity index is 2.83. The highest BCUT2D eigenvalue weighted by Crippen LogP contribution is 2.06. The van der Waals surface area contributed by atoms with Crippen molar-refractivity contribution >= 4 is 29.7 Å². The molecule has 3 amide bonds. The number of carbonyl (C=O) groups excluding carboxylic acids is 3. The minimum absolute atomic E-state index is 0.0549. The average Bonchev–Trinajstić information content (AvgIpc) is 2.77. The zero-order valence-corrected chi connectivity index (χ0v) is 19.0. The molecule has 0 bridgehead atoms. The SMILES string of the molecule is CC(NC(=O)C(N)CC(=O)O)C(=O)NC(CCCCN)C(=O)NC(Cc1ccccc1)C(=O)O. The Kier molecular flexibility index (Phi) is 12.2. The molecule has 0 fully saturated rings. The van der Waals surface area contributed by atoms with Gasteiger partial charge in [-0.1, -0.05) is 30.3 Å². The van der Waals surface area contributed by atoms with Crippen LogP contribution in [0.25, 0.3) is 0 Å². The molecule has 4 unspecified atom stereocenters. The Labute approximate surface area is 197 Å². The summed E-state index contributed by atoms with van der Waals surface area (Å²) in [6.45, 7) is 1.73. The Morgan fingerprint density at radius 2 is 1.50 bits per heavy atom. The zero-order valence-electron chi connectivity index (χ0n) is 19.0. The lowest BCUT2D eigenvalue weighted by Gasteiger charge is -2.24. The zero-order chi connectivity index (χ0) is 25.7. The maximum Gasteiger partial charge on any atom is 0.326 e. The Morgan fingerprint density at radius 3 is 2.06 bits per heavy atom. The van der Waals surface area contributed by atoms with E-state index in [-0.39, 0.29) is 12.8 Å². The van der Waals surface area contributed by atoms with Crippen molar-refractivity contribution in [2.24, 2.45) is 11.5 Å². The molecular formula is C22H33N5O7. The van der Waals surface area contributed by atoms with Crippen LogP contribution in [0.4, 0.5) is 0 Å². The first-order valence-corrected chi connectivity index (χ1v) is 10.9. The average molecular weight is 480 g/mol. The number of nitrogens with one attached hydrogen (secondary N) is 3. The van der Waals surface area contributed by atoms with E-state index < -0.39 is 60.2 Å². The van der Waals surface area contributed by atoms with Gasteiger partial charge < -0.3 is 37.6 Å². The van der Waals surface area contributed by atoms with Crippen molar-refractivity contribution < 1.29 is 34.2 Å². The second-order valence-corrected chi connectivity index (χ2v) is 7.87. The van der Waals surface area contributed by atoms with Gasteiger partial charge in [0, 0.05) is 6.42 Å². The van der Waals surface area contributed by atoms with Crippen LogP contribution < -0.4 is 27.4 Å². The highest BCUT2D eigenvalue weighted by molar-refractivity contribution is 5.94. The number of aliphatic carboxylic acids is 2. The number of amides is 3. The molecule has 0 aliphatic carbocycles. The molecule has 1 aromatic rings. The number of carbonyl (C=O) groups is 5. The van der Waals surface area contributed by atoms with Crippen LogP contribution in [0, 0.1) is 0 Å². The highest BCUT2D eigenvalue weighted by atomic mass is 16.4. The molecule has 0 heterocycles. The van der Waals surface area contributed by atoms with Gasteiger partial charge in [0.2, 0.25) is 17.7 Å². The van der Waals surface area contributed by atoms with Crippen LogP contribution in [0.5, 0.6) is 0 Å². The third kappa shape index (κ3) is 10.4. The molecule has 12 heteroatoms. The minimum atomic E-state index is -1.34. The number of benzene rings is 1. The molecule has 1 aromatic carbocycles. The molecule has 188 valence electrons. The summed E-state index contributed by atoms with van der Waals surface area (Å²) in [4.78, 5) is 59.8. The number of rotatable bonds is 15. The van der Waals surface area contributed by atoms with Gasteiger partial charge in [-0.2, -0.15) is 0 Å². The van der Waals surface area contributed by atoms with Crippen LogP contribution >= 0.6 is 0 Å². The van der Waals surface area contributed by atoms with Crippen molar-refractivity contribution in [3.8, 4) is 0 Å². The van der Waals surface area contributed by atoms with Crippen LogP contribution in [0.1, 0.15) is 38.2 Å². The first kappa shape index (κ1) is 28.5. The van der Waals surface area contributed by atoms with Gasteiger partial charge in [-0.25, -0.2) is 4.79 Å². The summed E-state index contributed by atoms with van der Waals surface area (Å²) in [7, 11) is 0. The van der Waals surface area contributed by atoms with Gasteiger partial charge in [0.1, 0.15) is 18.1 Å². The van der Waals surface area contributed by atoms with Crippen LogP contribution in [0.3, 0.4) is 0 Å². The fourth-order valence-electron chi connectivity index (χ4n) is 3.05. The molecule has 0 saturated carbocycles. The fraction of sp³-hybridized carbons (Fsp3) is 0.500. The molecular weight excluding hydrogens is 446 g/mol. The number of nitrogens with two attached hydrogens (primary N) is 2. The van der Waals surface area contributed by atoms with Gasteiger partial charge in [-0.15, -0.1) is 0 Å². The van der Waals surface area contributed by atoms with E-state index in [2.05, 4.69) is 16.0 Å². The van der Waals surface area contributed by atoms with Gasteiger partial charge in [0.25, 0.3) is 0 Å². The number of carboxylic acid groups (broad SMARTS) is 2. The van der Waals surface area contributed by atoms with Crippen molar-refractivity contribution in [3.05, 3.63) is 35.9 Å². The normalized spacial score (nSPS) is 14.2. The van der Waals surface area contributed by atoms with Crippen LogP contribution in [0.15, 0.2) is 30.3 Å². The summed E-state index contributed by atoms with van der Waals surface area (Å²) in [6.07, 6.45) is 0.727. The van der Waals surface area contributed by atoms with Crippen molar-refractivity contribution in [1.82, 2.24) is 16.0 Å². The smallest absolute Gasteiger partial charge is 0.326 e. The molecule has 0 aromatic heterocycles. The van der Waals surface area contributed by atoms with E-state index >= 15 is 0 Å². The molecule has 0 saturated heterocycles. The molecule has 0 aliphatic heterocycles. The lowest BCUT2D eigenvalue weighted by atomic mass is 10.0. The topological polar surface area (TPSA) is 214 Å². The first-order valence-electron chi connectivity index (χ1n) is 10.9. The number of carboxylic acids is 2. The van der Waals surface area contributed by atoms with Crippen LogP contribution in [0.2, 0.25) is 0 Å². The summed E-state index contributed by atoms with van der Waals surface area (Å²) in [5.41, 5.74) is 11.7. The van der Waals surface area contributed by atoms with E-state index in [1.807, 2.05) is 0 Å². The monoisotopic (exact) mass is 479 g/mol. The van der Waals surface area contributed by atoms with E-state index in [4.69, 9.17) is 16.6 Å². The largest absolute Gasteiger partial charge is 0.481 e. The molecule has 0 aliphatic rings. The van der Waals surface area contributed by atoms with Crippen molar-refractivity contribution in [3.63, 3.8) is 0 Å². The molecule has 4 atom stereocenters. The fourth-order valence-corrected chi connectivity index (χ4v) is 3.05.